The number of nitrogens with two attached hydrogens (primary N) is 1. The Balaban J connectivity index is 0.000000204. The van der Waals surface area contributed by atoms with Crippen LogP contribution in [0.25, 0.3) is 0 Å². The van der Waals surface area contributed by atoms with Gasteiger partial charge in [-0.2, -0.15) is 0 Å². The number of aromatic carboxylic acids is 1. The van der Waals surface area contributed by atoms with Gasteiger partial charge in [0, 0.05) is 18.3 Å². The summed E-state index contributed by atoms with van der Waals surface area (Å²) in [5, 5.41) is 16.8. The van der Waals surface area contributed by atoms with Gasteiger partial charge in [-0.25, -0.2) is 9.78 Å². The number of aromatic nitrogens is 2. The smallest absolute Gasteiger partial charge is 0.335 e. The third-order valence-corrected chi connectivity index (χ3v) is 2.33. The van der Waals surface area contributed by atoms with Crippen LogP contribution in [0.15, 0.2) is 42.9 Å². The van der Waals surface area contributed by atoms with E-state index in [4.69, 9.17) is 15.9 Å². The van der Waals surface area contributed by atoms with E-state index in [2.05, 4.69) is 9.97 Å². The Bertz CT molecular complexity index is 540. The number of H-pyrrole nitrogens is 1. The SMILES string of the molecule is N[C@@H](Cc1cnc[nH]1)C(=O)O.O=C(O)c1ccccc1. The summed E-state index contributed by atoms with van der Waals surface area (Å²) in [5.74, 6) is -1.88. The lowest BCUT2D eigenvalue weighted by atomic mass is 10.2. The van der Waals surface area contributed by atoms with Gasteiger partial charge < -0.3 is 20.9 Å². The van der Waals surface area contributed by atoms with E-state index in [9.17, 15) is 9.59 Å². The molecule has 0 spiro atoms. The van der Waals surface area contributed by atoms with Crippen LogP contribution >= 0.6 is 0 Å². The van der Waals surface area contributed by atoms with Gasteiger partial charge in [-0.1, -0.05) is 18.2 Å². The molecule has 1 aromatic carbocycles. The molecule has 0 saturated carbocycles. The molecule has 0 aliphatic carbocycles. The van der Waals surface area contributed by atoms with Crippen molar-refractivity contribution < 1.29 is 19.8 Å². The molecule has 2 rings (SSSR count). The first kappa shape index (κ1) is 15.4. The summed E-state index contributed by atoms with van der Waals surface area (Å²) in [4.78, 5) is 27.0. The van der Waals surface area contributed by atoms with Crippen LogP contribution in [0.1, 0.15) is 16.1 Å². The average molecular weight is 277 g/mol. The van der Waals surface area contributed by atoms with Crippen LogP contribution < -0.4 is 5.73 Å². The van der Waals surface area contributed by atoms with Gasteiger partial charge >= 0.3 is 11.9 Å². The van der Waals surface area contributed by atoms with Crippen LogP contribution in [-0.4, -0.2) is 38.2 Å². The van der Waals surface area contributed by atoms with Gasteiger partial charge in [0.05, 0.1) is 11.9 Å². The molecule has 0 fully saturated rings. The number of aliphatic carboxylic acids is 1. The van der Waals surface area contributed by atoms with Crippen LogP contribution in [0.4, 0.5) is 0 Å². The molecule has 20 heavy (non-hydrogen) atoms. The van der Waals surface area contributed by atoms with Gasteiger partial charge in [0.15, 0.2) is 0 Å². The summed E-state index contributed by atoms with van der Waals surface area (Å²) in [6.45, 7) is 0. The highest BCUT2D eigenvalue weighted by Gasteiger charge is 2.12. The molecular weight excluding hydrogens is 262 g/mol. The fraction of sp³-hybridized carbons (Fsp3) is 0.154. The van der Waals surface area contributed by atoms with Crippen molar-refractivity contribution in [1.82, 2.24) is 9.97 Å². The van der Waals surface area contributed by atoms with E-state index in [0.29, 0.717) is 5.56 Å². The number of nitrogens with zero attached hydrogens (tertiary/aromatic N) is 1. The molecule has 0 unspecified atom stereocenters. The molecule has 2 aromatic rings. The first-order valence-corrected chi connectivity index (χ1v) is 5.74. The molecular formula is C13H15N3O4. The third kappa shape index (κ3) is 5.32. The fourth-order valence-electron chi connectivity index (χ4n) is 1.30. The first-order valence-electron chi connectivity index (χ1n) is 5.74. The highest BCUT2D eigenvalue weighted by atomic mass is 16.4. The van der Waals surface area contributed by atoms with Crippen LogP contribution in [0, 0.1) is 0 Å². The minimum absolute atomic E-state index is 0.287. The number of aromatic amines is 1. The van der Waals surface area contributed by atoms with Crippen molar-refractivity contribution in [2.45, 2.75) is 12.5 Å². The molecule has 106 valence electrons. The van der Waals surface area contributed by atoms with E-state index in [1.54, 1.807) is 36.5 Å². The summed E-state index contributed by atoms with van der Waals surface area (Å²) in [7, 11) is 0. The number of hydrogen-bond donors (Lipinski definition) is 4. The molecule has 1 heterocycles. The van der Waals surface area contributed by atoms with Gasteiger partial charge in [0.1, 0.15) is 6.04 Å². The second-order valence-corrected chi connectivity index (χ2v) is 3.90. The molecule has 1 atom stereocenters. The Morgan fingerprint density at radius 3 is 2.30 bits per heavy atom. The van der Waals surface area contributed by atoms with E-state index in [0.717, 1.165) is 5.69 Å². The molecule has 0 radical (unpaired) electrons. The number of carboxylic acids is 2. The van der Waals surface area contributed by atoms with Crippen molar-refractivity contribution in [3.05, 3.63) is 54.1 Å². The molecule has 0 saturated heterocycles. The van der Waals surface area contributed by atoms with Crippen LogP contribution in [0.3, 0.4) is 0 Å². The van der Waals surface area contributed by atoms with E-state index < -0.39 is 18.0 Å². The standard InChI is InChI=1S/C7H6O2.C6H9N3O2/c8-7(9)6-4-2-1-3-5-6;7-5(6(10)11)1-4-2-8-3-9-4/h1-5H,(H,8,9);2-3,5H,1,7H2,(H,8,9)(H,10,11)/t;5-/m.0/s1. The van der Waals surface area contributed by atoms with Gasteiger partial charge in [0.25, 0.3) is 0 Å². The number of hydrogen-bond acceptors (Lipinski definition) is 4. The maximum atomic E-state index is 10.3. The van der Waals surface area contributed by atoms with Crippen LogP contribution in [0.2, 0.25) is 0 Å². The number of benzene rings is 1. The summed E-state index contributed by atoms with van der Waals surface area (Å²) in [6.07, 6.45) is 3.34. The second kappa shape index (κ2) is 7.70. The lowest BCUT2D eigenvalue weighted by molar-refractivity contribution is -0.138. The van der Waals surface area contributed by atoms with E-state index in [1.165, 1.54) is 6.33 Å². The van der Waals surface area contributed by atoms with Gasteiger partial charge in [0.2, 0.25) is 0 Å². The van der Waals surface area contributed by atoms with Crippen molar-refractivity contribution in [1.29, 1.82) is 0 Å². The number of carboxylic acid groups (broad SMARTS) is 2. The maximum absolute atomic E-state index is 10.3. The van der Waals surface area contributed by atoms with Crippen molar-refractivity contribution >= 4 is 11.9 Å². The highest BCUT2D eigenvalue weighted by Crippen LogP contribution is 1.96. The molecule has 1 aromatic heterocycles. The van der Waals surface area contributed by atoms with Crippen molar-refractivity contribution in [2.75, 3.05) is 0 Å². The Labute approximate surface area is 115 Å². The Hall–Kier alpha value is -2.67. The second-order valence-electron chi connectivity index (χ2n) is 3.90. The zero-order chi connectivity index (χ0) is 15.0. The number of carbonyl (C=O) groups is 2. The van der Waals surface area contributed by atoms with Gasteiger partial charge in [-0.3, -0.25) is 4.79 Å². The van der Waals surface area contributed by atoms with Crippen molar-refractivity contribution in [2.24, 2.45) is 5.73 Å². The summed E-state index contributed by atoms with van der Waals surface area (Å²) < 4.78 is 0. The zero-order valence-electron chi connectivity index (χ0n) is 10.6. The average Bonchev–Trinajstić information content (AvgIpc) is 2.93. The lowest BCUT2D eigenvalue weighted by Crippen LogP contribution is -2.32. The summed E-state index contributed by atoms with van der Waals surface area (Å²) >= 11 is 0. The maximum Gasteiger partial charge on any atom is 0.335 e. The summed E-state index contributed by atoms with van der Waals surface area (Å²) in [6, 6.07) is 7.44. The molecule has 0 aliphatic heterocycles. The predicted octanol–water partition coefficient (Wildman–Crippen LogP) is 0.749. The van der Waals surface area contributed by atoms with E-state index in [1.807, 2.05) is 0 Å². The van der Waals surface area contributed by atoms with Crippen LogP contribution in [0.5, 0.6) is 0 Å². The Morgan fingerprint density at radius 2 is 1.90 bits per heavy atom. The lowest BCUT2D eigenvalue weighted by Gasteiger charge is -2.02. The molecule has 5 N–H and O–H groups in total. The predicted molar refractivity (Wildman–Crippen MR) is 71.3 cm³/mol. The molecule has 7 nitrogen and oxygen atoms in total. The third-order valence-electron chi connectivity index (χ3n) is 2.33. The topological polar surface area (TPSA) is 129 Å². The zero-order valence-corrected chi connectivity index (χ0v) is 10.6. The largest absolute Gasteiger partial charge is 0.480 e. The summed E-state index contributed by atoms with van der Waals surface area (Å²) in [5.41, 5.74) is 6.33. The van der Waals surface area contributed by atoms with Gasteiger partial charge in [-0.05, 0) is 12.1 Å². The number of nitrogens with one attached hydrogen (secondary N) is 1. The normalized spacial score (nSPS) is 11.1. The van der Waals surface area contributed by atoms with Crippen molar-refractivity contribution in [3.8, 4) is 0 Å². The Kier molecular flexibility index (Phi) is 5.92. The highest BCUT2D eigenvalue weighted by molar-refractivity contribution is 5.87. The quantitative estimate of drug-likeness (QED) is 0.652. The number of rotatable bonds is 4. The minimum Gasteiger partial charge on any atom is -0.480 e. The van der Waals surface area contributed by atoms with E-state index >= 15 is 0 Å². The minimum atomic E-state index is -1.00. The first-order chi connectivity index (χ1) is 9.50. The van der Waals surface area contributed by atoms with Gasteiger partial charge in [-0.15, -0.1) is 0 Å². The molecule has 0 amide bonds. The monoisotopic (exact) mass is 277 g/mol. The van der Waals surface area contributed by atoms with Crippen molar-refractivity contribution in [3.63, 3.8) is 0 Å². The fourth-order valence-corrected chi connectivity index (χ4v) is 1.30. The van der Waals surface area contributed by atoms with Crippen LogP contribution in [-0.2, 0) is 11.2 Å². The molecule has 0 bridgehead atoms. The van der Waals surface area contributed by atoms with E-state index in [-0.39, 0.29) is 6.42 Å². The molecule has 0 aliphatic rings. The molecule has 7 heteroatoms. The Morgan fingerprint density at radius 1 is 1.25 bits per heavy atom. The number of imidazole rings is 1.